The lowest BCUT2D eigenvalue weighted by atomic mass is 9.94. The smallest absolute Gasteiger partial charge is 0.338 e. The average Bonchev–Trinajstić information content (AvgIpc) is 2.85. The van der Waals surface area contributed by atoms with Crippen molar-refractivity contribution in [3.05, 3.63) is 70.9 Å². The third-order valence-corrected chi connectivity index (χ3v) is 6.23. The maximum absolute atomic E-state index is 13.0. The van der Waals surface area contributed by atoms with Crippen LogP contribution in [0.3, 0.4) is 0 Å². The van der Waals surface area contributed by atoms with Crippen LogP contribution in [0, 0.1) is 6.92 Å². The molecular weight excluding hydrogens is 432 g/mol. The molecule has 0 aromatic heterocycles. The van der Waals surface area contributed by atoms with Gasteiger partial charge in [-0.2, -0.15) is 0 Å². The Kier molecular flexibility index (Phi) is 7.37. The fourth-order valence-corrected chi connectivity index (χ4v) is 4.40. The Balaban J connectivity index is 1.54. The second-order valence-corrected chi connectivity index (χ2v) is 8.52. The van der Waals surface area contributed by atoms with E-state index in [0.29, 0.717) is 17.8 Å². The molecule has 2 aromatic carbocycles. The Morgan fingerprint density at radius 1 is 1.09 bits per heavy atom. The molecule has 2 N–H and O–H groups in total. The van der Waals surface area contributed by atoms with Gasteiger partial charge in [0.05, 0.1) is 25.3 Å². The van der Waals surface area contributed by atoms with Crippen LogP contribution in [-0.2, 0) is 9.53 Å². The van der Waals surface area contributed by atoms with E-state index in [1.54, 1.807) is 14.0 Å². The van der Waals surface area contributed by atoms with Crippen LogP contribution in [0.25, 0.3) is 0 Å². The zero-order chi connectivity index (χ0) is 24.1. The SMILES string of the molecule is CCOC(=O)C1=C(CN2CCN(c3cccc(OC)c3)CC2)NC(=O)N[C@@H]1c1ccc(C)cc1. The molecule has 0 saturated carbocycles. The van der Waals surface area contributed by atoms with E-state index in [2.05, 4.69) is 26.5 Å². The summed E-state index contributed by atoms with van der Waals surface area (Å²) < 4.78 is 10.7. The maximum Gasteiger partial charge on any atom is 0.338 e. The number of esters is 1. The number of methoxy groups -OCH3 is 1. The van der Waals surface area contributed by atoms with E-state index in [0.717, 1.165) is 48.7 Å². The number of benzene rings is 2. The molecule has 0 spiro atoms. The van der Waals surface area contributed by atoms with Gasteiger partial charge in [-0.25, -0.2) is 9.59 Å². The number of hydrogen-bond donors (Lipinski definition) is 2. The number of nitrogens with one attached hydrogen (secondary N) is 2. The number of carbonyl (C=O) groups excluding carboxylic acids is 2. The average molecular weight is 465 g/mol. The predicted molar refractivity (Wildman–Crippen MR) is 131 cm³/mol. The minimum atomic E-state index is -0.554. The highest BCUT2D eigenvalue weighted by Gasteiger charge is 2.34. The van der Waals surface area contributed by atoms with Crippen molar-refractivity contribution in [3.8, 4) is 5.75 Å². The highest BCUT2D eigenvalue weighted by molar-refractivity contribution is 5.95. The molecule has 0 aliphatic carbocycles. The van der Waals surface area contributed by atoms with Crippen LogP contribution in [0.1, 0.15) is 24.1 Å². The van der Waals surface area contributed by atoms with Crippen molar-refractivity contribution in [2.45, 2.75) is 19.9 Å². The van der Waals surface area contributed by atoms with E-state index in [1.807, 2.05) is 49.4 Å². The number of nitrogens with zero attached hydrogens (tertiary/aromatic N) is 2. The fraction of sp³-hybridized carbons (Fsp3) is 0.385. The summed E-state index contributed by atoms with van der Waals surface area (Å²) in [5.74, 6) is 0.425. The number of anilines is 1. The molecule has 8 nitrogen and oxygen atoms in total. The van der Waals surface area contributed by atoms with Gasteiger partial charge in [0.15, 0.2) is 0 Å². The summed E-state index contributed by atoms with van der Waals surface area (Å²) in [4.78, 5) is 30.1. The zero-order valence-electron chi connectivity index (χ0n) is 20.0. The number of piperazine rings is 1. The van der Waals surface area contributed by atoms with Crippen molar-refractivity contribution in [1.82, 2.24) is 15.5 Å². The molecule has 2 heterocycles. The molecule has 180 valence electrons. The second kappa shape index (κ2) is 10.6. The number of hydrogen-bond acceptors (Lipinski definition) is 6. The van der Waals surface area contributed by atoms with Crippen LogP contribution in [0.2, 0.25) is 0 Å². The molecule has 4 rings (SSSR count). The highest BCUT2D eigenvalue weighted by Crippen LogP contribution is 2.29. The molecule has 2 aromatic rings. The minimum absolute atomic E-state index is 0.267. The van der Waals surface area contributed by atoms with E-state index < -0.39 is 12.0 Å². The Morgan fingerprint density at radius 3 is 2.50 bits per heavy atom. The first-order chi connectivity index (χ1) is 16.5. The predicted octanol–water partition coefficient (Wildman–Crippen LogP) is 3.00. The van der Waals surface area contributed by atoms with Crippen LogP contribution >= 0.6 is 0 Å². The highest BCUT2D eigenvalue weighted by atomic mass is 16.5. The topological polar surface area (TPSA) is 83.1 Å². The first-order valence-corrected chi connectivity index (χ1v) is 11.6. The largest absolute Gasteiger partial charge is 0.497 e. The Morgan fingerprint density at radius 2 is 1.82 bits per heavy atom. The van der Waals surface area contributed by atoms with Crippen LogP contribution in [-0.4, -0.2) is 63.3 Å². The van der Waals surface area contributed by atoms with Gasteiger partial charge in [0.25, 0.3) is 0 Å². The lowest BCUT2D eigenvalue weighted by molar-refractivity contribution is -0.139. The van der Waals surface area contributed by atoms with Gasteiger partial charge in [-0.3, -0.25) is 4.90 Å². The van der Waals surface area contributed by atoms with Gasteiger partial charge in [0, 0.05) is 50.2 Å². The number of ether oxygens (including phenoxy) is 2. The van der Waals surface area contributed by atoms with Crippen LogP contribution in [0.5, 0.6) is 5.75 Å². The van der Waals surface area contributed by atoms with Crippen molar-refractivity contribution in [1.29, 1.82) is 0 Å². The molecule has 2 aliphatic rings. The molecule has 0 bridgehead atoms. The number of carbonyl (C=O) groups is 2. The lowest BCUT2D eigenvalue weighted by Gasteiger charge is -2.38. The van der Waals surface area contributed by atoms with E-state index in [1.165, 1.54) is 0 Å². The summed E-state index contributed by atoms with van der Waals surface area (Å²) in [7, 11) is 1.67. The van der Waals surface area contributed by atoms with Gasteiger partial charge in [-0.1, -0.05) is 35.9 Å². The van der Waals surface area contributed by atoms with Crippen LogP contribution in [0.4, 0.5) is 10.5 Å². The van der Waals surface area contributed by atoms with Crippen molar-refractivity contribution in [2.24, 2.45) is 0 Å². The normalized spacial score (nSPS) is 18.9. The molecule has 0 unspecified atom stereocenters. The minimum Gasteiger partial charge on any atom is -0.497 e. The summed E-state index contributed by atoms with van der Waals surface area (Å²) in [6, 6.07) is 15.0. The Labute approximate surface area is 200 Å². The zero-order valence-corrected chi connectivity index (χ0v) is 20.0. The maximum atomic E-state index is 13.0. The van der Waals surface area contributed by atoms with Crippen molar-refractivity contribution in [3.63, 3.8) is 0 Å². The van der Waals surface area contributed by atoms with Crippen molar-refractivity contribution >= 4 is 17.7 Å². The number of urea groups is 1. The van der Waals surface area contributed by atoms with Crippen LogP contribution < -0.4 is 20.3 Å². The second-order valence-electron chi connectivity index (χ2n) is 8.52. The molecule has 1 atom stereocenters. The van der Waals surface area contributed by atoms with Crippen LogP contribution in [0.15, 0.2) is 59.8 Å². The van der Waals surface area contributed by atoms with Gasteiger partial charge in [0.2, 0.25) is 0 Å². The van der Waals surface area contributed by atoms with E-state index in [-0.39, 0.29) is 12.6 Å². The van der Waals surface area contributed by atoms with Crippen molar-refractivity contribution in [2.75, 3.05) is 51.3 Å². The molecule has 8 heteroatoms. The van der Waals surface area contributed by atoms with Gasteiger partial charge in [-0.15, -0.1) is 0 Å². The molecule has 34 heavy (non-hydrogen) atoms. The fourth-order valence-electron chi connectivity index (χ4n) is 4.40. The van der Waals surface area contributed by atoms with Gasteiger partial charge >= 0.3 is 12.0 Å². The summed E-state index contributed by atoms with van der Waals surface area (Å²) in [5.41, 5.74) is 4.15. The van der Waals surface area contributed by atoms with E-state index in [4.69, 9.17) is 9.47 Å². The van der Waals surface area contributed by atoms with E-state index >= 15 is 0 Å². The van der Waals surface area contributed by atoms with E-state index in [9.17, 15) is 9.59 Å². The summed E-state index contributed by atoms with van der Waals surface area (Å²) in [6.45, 7) is 7.80. The summed E-state index contributed by atoms with van der Waals surface area (Å²) in [6.07, 6.45) is 0. The quantitative estimate of drug-likeness (QED) is 0.613. The molecule has 1 saturated heterocycles. The van der Waals surface area contributed by atoms with Gasteiger partial charge < -0.3 is 25.0 Å². The Hall–Kier alpha value is -3.52. The molecule has 1 fully saturated rings. The van der Waals surface area contributed by atoms with Gasteiger partial charge in [-0.05, 0) is 31.5 Å². The molecule has 2 aliphatic heterocycles. The number of amides is 2. The third-order valence-electron chi connectivity index (χ3n) is 6.23. The molecular formula is C26H32N4O4. The standard InChI is InChI=1S/C26H32N4O4/c1-4-34-25(31)23-22(27-26(32)28-24(23)19-10-8-18(2)9-11-19)17-29-12-14-30(15-13-29)20-6-5-7-21(16-20)33-3/h5-11,16,24H,4,12-15,17H2,1-3H3,(H2,27,28,32)/t24-/m1/s1. The summed E-state index contributed by atoms with van der Waals surface area (Å²) in [5, 5.41) is 5.78. The molecule has 2 amide bonds. The number of aryl methyl sites for hydroxylation is 1. The van der Waals surface area contributed by atoms with Crippen molar-refractivity contribution < 1.29 is 19.1 Å². The number of rotatable bonds is 7. The first-order valence-electron chi connectivity index (χ1n) is 11.6. The Bertz CT molecular complexity index is 1060. The van der Waals surface area contributed by atoms with Gasteiger partial charge in [0.1, 0.15) is 5.75 Å². The lowest BCUT2D eigenvalue weighted by Crippen LogP contribution is -2.51. The first kappa shape index (κ1) is 23.6. The summed E-state index contributed by atoms with van der Waals surface area (Å²) >= 11 is 0. The monoisotopic (exact) mass is 464 g/mol. The third kappa shape index (κ3) is 5.34. The molecule has 0 radical (unpaired) electrons.